The molecule has 1 N–H and O–H groups in total. The lowest BCUT2D eigenvalue weighted by Gasteiger charge is -2.14. The molecule has 0 atom stereocenters. The number of benzene rings is 1. The molecule has 88 valence electrons. The van der Waals surface area contributed by atoms with Gasteiger partial charge in [-0.15, -0.1) is 0 Å². The van der Waals surface area contributed by atoms with Gasteiger partial charge in [-0.3, -0.25) is 4.68 Å². The highest BCUT2D eigenvalue weighted by Gasteiger charge is 2.08. The van der Waals surface area contributed by atoms with Gasteiger partial charge in [0.25, 0.3) is 0 Å². The summed E-state index contributed by atoms with van der Waals surface area (Å²) < 4.78 is 2.04. The highest BCUT2D eigenvalue weighted by atomic mass is 15.3. The van der Waals surface area contributed by atoms with Crippen LogP contribution in [0.2, 0.25) is 0 Å². The SMILES string of the molecule is CCn1ncc2cc(C3=CCNCC3)ccc21. The molecule has 1 aromatic heterocycles. The van der Waals surface area contributed by atoms with Crippen LogP contribution >= 0.6 is 0 Å². The van der Waals surface area contributed by atoms with Crippen molar-refractivity contribution in [1.29, 1.82) is 0 Å². The van der Waals surface area contributed by atoms with Crippen LogP contribution in [0.3, 0.4) is 0 Å². The van der Waals surface area contributed by atoms with Gasteiger partial charge in [0.15, 0.2) is 0 Å². The van der Waals surface area contributed by atoms with E-state index in [1.807, 2.05) is 10.9 Å². The first-order valence-corrected chi connectivity index (χ1v) is 6.24. The van der Waals surface area contributed by atoms with Crippen LogP contribution in [0.4, 0.5) is 0 Å². The molecule has 0 saturated heterocycles. The summed E-state index contributed by atoms with van der Waals surface area (Å²) in [5.41, 5.74) is 4.02. The van der Waals surface area contributed by atoms with Crippen molar-refractivity contribution >= 4 is 16.5 Å². The number of aromatic nitrogens is 2. The van der Waals surface area contributed by atoms with Crippen LogP contribution in [0.15, 0.2) is 30.5 Å². The van der Waals surface area contributed by atoms with Gasteiger partial charge in [0.2, 0.25) is 0 Å². The maximum absolute atomic E-state index is 4.38. The van der Waals surface area contributed by atoms with E-state index >= 15 is 0 Å². The van der Waals surface area contributed by atoms with Crippen molar-refractivity contribution in [2.45, 2.75) is 19.9 Å². The lowest BCUT2D eigenvalue weighted by atomic mass is 9.99. The second kappa shape index (κ2) is 4.34. The van der Waals surface area contributed by atoms with E-state index in [0.29, 0.717) is 0 Å². The Labute approximate surface area is 101 Å². The second-order valence-electron chi connectivity index (χ2n) is 4.42. The lowest BCUT2D eigenvalue weighted by molar-refractivity contribution is 0.684. The fourth-order valence-corrected chi connectivity index (χ4v) is 2.42. The van der Waals surface area contributed by atoms with Crippen LogP contribution in [0.25, 0.3) is 16.5 Å². The summed E-state index contributed by atoms with van der Waals surface area (Å²) in [6.07, 6.45) is 5.37. The van der Waals surface area contributed by atoms with Gasteiger partial charge in [-0.2, -0.15) is 5.10 Å². The Kier molecular flexibility index (Phi) is 2.69. The fraction of sp³-hybridized carbons (Fsp3) is 0.357. The summed E-state index contributed by atoms with van der Waals surface area (Å²) in [5, 5.41) is 8.97. The Bertz CT molecular complexity index is 566. The molecule has 1 aliphatic heterocycles. The van der Waals surface area contributed by atoms with Crippen LogP contribution in [0.5, 0.6) is 0 Å². The van der Waals surface area contributed by atoms with E-state index in [1.165, 1.54) is 22.0 Å². The van der Waals surface area contributed by atoms with Crippen molar-refractivity contribution in [1.82, 2.24) is 15.1 Å². The third-order valence-electron chi connectivity index (χ3n) is 3.38. The molecule has 0 spiro atoms. The Morgan fingerprint density at radius 3 is 3.12 bits per heavy atom. The van der Waals surface area contributed by atoms with Gasteiger partial charge in [0, 0.05) is 18.5 Å². The predicted molar refractivity (Wildman–Crippen MR) is 70.9 cm³/mol. The molecule has 3 nitrogen and oxygen atoms in total. The average Bonchev–Trinajstić information content (AvgIpc) is 2.81. The summed E-state index contributed by atoms with van der Waals surface area (Å²) in [4.78, 5) is 0. The monoisotopic (exact) mass is 227 g/mol. The minimum absolute atomic E-state index is 0.926. The van der Waals surface area contributed by atoms with Crippen molar-refractivity contribution < 1.29 is 0 Å². The number of fused-ring (bicyclic) bond motifs is 1. The van der Waals surface area contributed by atoms with E-state index in [2.05, 4.69) is 41.6 Å². The molecule has 0 amide bonds. The van der Waals surface area contributed by atoms with Crippen molar-refractivity contribution in [3.05, 3.63) is 36.0 Å². The van der Waals surface area contributed by atoms with E-state index in [-0.39, 0.29) is 0 Å². The number of hydrogen-bond donors (Lipinski definition) is 1. The van der Waals surface area contributed by atoms with Gasteiger partial charge in [-0.1, -0.05) is 12.1 Å². The summed E-state index contributed by atoms with van der Waals surface area (Å²) >= 11 is 0. The zero-order valence-corrected chi connectivity index (χ0v) is 10.1. The lowest BCUT2D eigenvalue weighted by Crippen LogP contribution is -2.19. The summed E-state index contributed by atoms with van der Waals surface area (Å²) in [5.74, 6) is 0. The van der Waals surface area contributed by atoms with E-state index in [0.717, 1.165) is 26.1 Å². The quantitative estimate of drug-likeness (QED) is 0.854. The van der Waals surface area contributed by atoms with Gasteiger partial charge in [-0.25, -0.2) is 0 Å². The smallest absolute Gasteiger partial charge is 0.0682 e. The first kappa shape index (κ1) is 10.5. The Balaban J connectivity index is 2.04. The van der Waals surface area contributed by atoms with Crippen molar-refractivity contribution in [2.24, 2.45) is 0 Å². The molecule has 0 radical (unpaired) electrons. The largest absolute Gasteiger partial charge is 0.313 e. The molecule has 0 saturated carbocycles. The van der Waals surface area contributed by atoms with E-state index in [4.69, 9.17) is 0 Å². The van der Waals surface area contributed by atoms with Crippen molar-refractivity contribution in [2.75, 3.05) is 13.1 Å². The highest BCUT2D eigenvalue weighted by Crippen LogP contribution is 2.24. The zero-order valence-electron chi connectivity index (χ0n) is 10.1. The standard InChI is InChI=1S/C14H17N3/c1-2-17-14-4-3-12(9-13(14)10-16-17)11-5-7-15-8-6-11/h3-5,9-10,15H,2,6-8H2,1H3. The minimum atomic E-state index is 0.926. The number of hydrogen-bond acceptors (Lipinski definition) is 2. The van der Waals surface area contributed by atoms with Crippen molar-refractivity contribution in [3.63, 3.8) is 0 Å². The molecule has 2 heterocycles. The molecular formula is C14H17N3. The maximum Gasteiger partial charge on any atom is 0.0682 e. The molecular weight excluding hydrogens is 210 g/mol. The first-order chi connectivity index (χ1) is 8.38. The molecule has 0 aliphatic carbocycles. The van der Waals surface area contributed by atoms with Gasteiger partial charge in [-0.05, 0) is 43.2 Å². The molecule has 17 heavy (non-hydrogen) atoms. The number of rotatable bonds is 2. The molecule has 0 unspecified atom stereocenters. The second-order valence-corrected chi connectivity index (χ2v) is 4.42. The summed E-state index contributed by atoms with van der Waals surface area (Å²) in [6.45, 7) is 5.12. The van der Waals surface area contributed by atoms with Crippen LogP contribution in [0.1, 0.15) is 18.9 Å². The molecule has 2 aromatic rings. The van der Waals surface area contributed by atoms with Gasteiger partial charge in [0.05, 0.1) is 11.7 Å². The normalized spacial score (nSPS) is 16.2. The maximum atomic E-state index is 4.38. The number of nitrogens with zero attached hydrogens (tertiary/aromatic N) is 2. The molecule has 3 heteroatoms. The zero-order chi connectivity index (χ0) is 11.7. The minimum Gasteiger partial charge on any atom is -0.313 e. The topological polar surface area (TPSA) is 29.9 Å². The van der Waals surface area contributed by atoms with Crippen LogP contribution in [0, 0.1) is 0 Å². The summed E-state index contributed by atoms with van der Waals surface area (Å²) in [7, 11) is 0. The van der Waals surface area contributed by atoms with Crippen LogP contribution in [-0.4, -0.2) is 22.9 Å². The van der Waals surface area contributed by atoms with Crippen molar-refractivity contribution in [3.8, 4) is 0 Å². The predicted octanol–water partition coefficient (Wildman–Crippen LogP) is 2.43. The van der Waals surface area contributed by atoms with E-state index < -0.39 is 0 Å². The Hall–Kier alpha value is -1.61. The van der Waals surface area contributed by atoms with Gasteiger partial charge >= 0.3 is 0 Å². The average molecular weight is 227 g/mol. The molecule has 1 aliphatic rings. The molecule has 0 bridgehead atoms. The third-order valence-corrected chi connectivity index (χ3v) is 3.38. The fourth-order valence-electron chi connectivity index (χ4n) is 2.42. The number of aryl methyl sites for hydroxylation is 1. The van der Waals surface area contributed by atoms with E-state index in [1.54, 1.807) is 0 Å². The number of nitrogens with one attached hydrogen (secondary N) is 1. The Morgan fingerprint density at radius 1 is 1.41 bits per heavy atom. The third kappa shape index (κ3) is 1.87. The Morgan fingerprint density at radius 2 is 2.35 bits per heavy atom. The van der Waals surface area contributed by atoms with E-state index in [9.17, 15) is 0 Å². The molecule has 3 rings (SSSR count). The highest BCUT2D eigenvalue weighted by molar-refractivity contribution is 5.83. The molecule has 0 fully saturated rings. The molecule has 1 aromatic carbocycles. The van der Waals surface area contributed by atoms with Crippen LogP contribution in [-0.2, 0) is 6.54 Å². The van der Waals surface area contributed by atoms with Crippen LogP contribution < -0.4 is 5.32 Å². The van der Waals surface area contributed by atoms with Gasteiger partial charge < -0.3 is 5.32 Å². The first-order valence-electron chi connectivity index (χ1n) is 6.24. The van der Waals surface area contributed by atoms with Gasteiger partial charge in [0.1, 0.15) is 0 Å². The summed E-state index contributed by atoms with van der Waals surface area (Å²) in [6, 6.07) is 6.66.